The zero-order valence-electron chi connectivity index (χ0n) is 20.7. The minimum Gasteiger partial charge on any atom is -0.493 e. The number of rotatable bonds is 8. The van der Waals surface area contributed by atoms with Gasteiger partial charge in [0.1, 0.15) is 29.3 Å². The van der Waals surface area contributed by atoms with Gasteiger partial charge in [-0.1, -0.05) is 7.92 Å². The summed E-state index contributed by atoms with van der Waals surface area (Å²) in [4.78, 5) is 34.4. The summed E-state index contributed by atoms with van der Waals surface area (Å²) < 4.78 is 40.6. The van der Waals surface area contributed by atoms with Crippen LogP contribution in [0.1, 0.15) is 17.3 Å². The van der Waals surface area contributed by atoms with E-state index in [-0.39, 0.29) is 41.1 Å². The van der Waals surface area contributed by atoms with E-state index in [0.29, 0.717) is 11.0 Å². The maximum absolute atomic E-state index is 15.0. The second-order valence-electron chi connectivity index (χ2n) is 8.15. The minimum atomic E-state index is -0.809. The van der Waals surface area contributed by atoms with Gasteiger partial charge in [0.15, 0.2) is 11.6 Å². The predicted molar refractivity (Wildman–Crippen MR) is 142 cm³/mol. The van der Waals surface area contributed by atoms with Crippen molar-refractivity contribution in [3.63, 3.8) is 0 Å². The Balaban J connectivity index is 1.63. The molecule has 0 fully saturated rings. The summed E-state index contributed by atoms with van der Waals surface area (Å²) in [5.41, 5.74) is 5.39. The number of nitrogens with zero attached hydrogens (tertiary/aromatic N) is 3. The molecule has 2 aromatic carbocycles. The van der Waals surface area contributed by atoms with Gasteiger partial charge in [-0.3, -0.25) is 14.2 Å². The lowest BCUT2D eigenvalue weighted by Gasteiger charge is -2.15. The van der Waals surface area contributed by atoms with E-state index in [1.807, 2.05) is 13.3 Å². The van der Waals surface area contributed by atoms with Crippen molar-refractivity contribution in [2.24, 2.45) is 0 Å². The summed E-state index contributed by atoms with van der Waals surface area (Å²) in [7, 11) is -0.734. The fraction of sp³-hybridized carbons (Fsp3) is 0.154. The number of anilines is 2. The third-order valence-corrected chi connectivity index (χ3v) is 6.66. The molecule has 9 nitrogen and oxygen atoms in total. The van der Waals surface area contributed by atoms with Crippen LogP contribution >= 0.6 is 7.92 Å². The van der Waals surface area contributed by atoms with E-state index in [1.165, 1.54) is 59.6 Å². The van der Waals surface area contributed by atoms with Crippen molar-refractivity contribution in [1.29, 1.82) is 0 Å². The number of aromatic nitrogens is 3. The molecule has 0 atom stereocenters. The lowest BCUT2D eigenvalue weighted by Crippen LogP contribution is -2.29. The average molecular weight is 539 g/mol. The van der Waals surface area contributed by atoms with E-state index in [2.05, 4.69) is 15.3 Å². The number of nitrogens with two attached hydrogens (primary N) is 1. The van der Waals surface area contributed by atoms with E-state index in [9.17, 15) is 18.4 Å². The van der Waals surface area contributed by atoms with Gasteiger partial charge in [0.05, 0.1) is 11.9 Å². The van der Waals surface area contributed by atoms with Crippen LogP contribution < -0.4 is 31.4 Å². The molecule has 0 saturated heterocycles. The van der Waals surface area contributed by atoms with E-state index in [1.54, 1.807) is 6.92 Å². The Morgan fingerprint density at radius 1 is 1.08 bits per heavy atom. The molecule has 0 aliphatic carbocycles. The van der Waals surface area contributed by atoms with Gasteiger partial charge in [-0.25, -0.2) is 18.7 Å². The Bertz CT molecular complexity index is 1540. The number of amides is 1. The lowest BCUT2D eigenvalue weighted by atomic mass is 10.2. The molecular formula is C26H24F2N5O4P. The predicted octanol–water partition coefficient (Wildman–Crippen LogP) is 4.30. The molecule has 1 amide bonds. The molecule has 3 N–H and O–H groups in total. The number of halogens is 2. The summed E-state index contributed by atoms with van der Waals surface area (Å²) in [6.45, 7) is 5.79. The maximum Gasteiger partial charge on any atom is 0.271 e. The average Bonchev–Trinajstić information content (AvgIpc) is 2.86. The molecule has 2 heterocycles. The second-order valence-corrected chi connectivity index (χ2v) is 10.4. The first-order chi connectivity index (χ1) is 18.2. The van der Waals surface area contributed by atoms with Gasteiger partial charge in [-0.05, 0) is 62.7 Å². The van der Waals surface area contributed by atoms with Crippen molar-refractivity contribution < 1.29 is 23.0 Å². The van der Waals surface area contributed by atoms with Crippen LogP contribution in [0.25, 0.3) is 5.69 Å². The molecule has 0 unspecified atom stereocenters. The topological polar surface area (TPSA) is 121 Å². The summed E-state index contributed by atoms with van der Waals surface area (Å²) in [5.74, 6) is -1.72. The number of ether oxygens (including phenoxy) is 2. The van der Waals surface area contributed by atoms with Crippen LogP contribution in [0.2, 0.25) is 0 Å². The van der Waals surface area contributed by atoms with Gasteiger partial charge in [0, 0.05) is 23.6 Å². The zero-order valence-corrected chi connectivity index (χ0v) is 21.6. The fourth-order valence-electron chi connectivity index (χ4n) is 3.64. The monoisotopic (exact) mass is 539 g/mol. The first-order valence-electron chi connectivity index (χ1n) is 11.4. The maximum atomic E-state index is 15.0. The molecule has 4 aromatic rings. The Morgan fingerprint density at radius 3 is 2.47 bits per heavy atom. The molecule has 0 spiro atoms. The third kappa shape index (κ3) is 5.63. The number of carbonyl (C=O) groups excluding carboxylic acids is 1. The van der Waals surface area contributed by atoms with E-state index in [4.69, 9.17) is 15.2 Å². The highest BCUT2D eigenvalue weighted by molar-refractivity contribution is 7.64. The summed E-state index contributed by atoms with van der Waals surface area (Å²) in [6, 6.07) is 10.5. The highest BCUT2D eigenvalue weighted by atomic mass is 31.1. The van der Waals surface area contributed by atoms with Crippen molar-refractivity contribution in [2.45, 2.75) is 6.92 Å². The normalized spacial score (nSPS) is 10.9. The van der Waals surface area contributed by atoms with Crippen LogP contribution in [-0.2, 0) is 0 Å². The van der Waals surface area contributed by atoms with Crippen molar-refractivity contribution in [1.82, 2.24) is 14.5 Å². The lowest BCUT2D eigenvalue weighted by molar-refractivity contribution is 0.102. The van der Waals surface area contributed by atoms with Crippen LogP contribution in [0, 0.1) is 11.6 Å². The van der Waals surface area contributed by atoms with Crippen molar-refractivity contribution in [2.75, 3.05) is 31.0 Å². The summed E-state index contributed by atoms with van der Waals surface area (Å²) in [6.07, 6.45) is 2.66. The number of benzene rings is 2. The van der Waals surface area contributed by atoms with Crippen LogP contribution in [0.15, 0.2) is 65.8 Å². The van der Waals surface area contributed by atoms with Crippen LogP contribution in [0.4, 0.5) is 20.3 Å². The molecule has 196 valence electrons. The van der Waals surface area contributed by atoms with Crippen molar-refractivity contribution >= 4 is 30.6 Å². The number of nitrogens with one attached hydrogen (secondary N) is 1. The Hall–Kier alpha value is -4.37. The summed E-state index contributed by atoms with van der Waals surface area (Å²) in [5, 5.41) is 3.13. The summed E-state index contributed by atoms with van der Waals surface area (Å²) >= 11 is 0. The van der Waals surface area contributed by atoms with Crippen LogP contribution in [-0.4, -0.2) is 40.4 Å². The van der Waals surface area contributed by atoms with Crippen molar-refractivity contribution in [3.8, 4) is 23.1 Å². The highest BCUT2D eigenvalue weighted by Crippen LogP contribution is 2.34. The van der Waals surface area contributed by atoms with Gasteiger partial charge in [-0.15, -0.1) is 0 Å². The fourth-order valence-corrected chi connectivity index (χ4v) is 4.64. The largest absolute Gasteiger partial charge is 0.493 e. The second kappa shape index (κ2) is 11.4. The van der Waals surface area contributed by atoms with Crippen molar-refractivity contribution in [3.05, 3.63) is 88.6 Å². The molecule has 0 bridgehead atoms. The molecule has 0 aliphatic rings. The number of carbonyl (C=O) groups is 1. The van der Waals surface area contributed by atoms with Gasteiger partial charge in [0.25, 0.3) is 11.5 Å². The number of hydrogen-bond donors (Lipinski definition) is 2. The molecule has 38 heavy (non-hydrogen) atoms. The quantitative estimate of drug-likeness (QED) is 0.320. The molecule has 4 rings (SSSR count). The first-order valence-corrected chi connectivity index (χ1v) is 13.6. The smallest absolute Gasteiger partial charge is 0.271 e. The Morgan fingerprint density at radius 2 is 1.82 bits per heavy atom. The molecule has 2 aromatic heterocycles. The van der Waals surface area contributed by atoms with E-state index in [0.717, 1.165) is 6.07 Å². The van der Waals surface area contributed by atoms with Gasteiger partial charge < -0.3 is 20.5 Å². The minimum absolute atomic E-state index is 0.0540. The zero-order chi connectivity index (χ0) is 27.4. The SMILES string of the molecule is CCOc1ccn(-c2ccc(F)cc2)c(=O)c1C(=O)Nc1ccc(Oc2ncnc(N)c2P(C)C)c(F)c1. The molecular weight excluding hydrogens is 515 g/mol. The molecule has 12 heteroatoms. The van der Waals surface area contributed by atoms with Gasteiger partial charge in [-0.2, -0.15) is 0 Å². The first kappa shape index (κ1) is 26.7. The number of nitrogen functional groups attached to an aromatic ring is 1. The third-order valence-electron chi connectivity index (χ3n) is 5.35. The van der Waals surface area contributed by atoms with Crippen LogP contribution in [0.3, 0.4) is 0 Å². The Labute approximate surface area is 218 Å². The molecule has 0 aliphatic heterocycles. The standard InChI is InChI=1S/C26H24F2N5O4P/c1-4-36-20-11-12-33(17-8-5-15(27)6-9-17)26(35)21(20)24(34)32-16-7-10-19(18(28)13-16)37-25-22(38(2)3)23(29)30-14-31-25/h5-14H,4H2,1-3H3,(H,32,34)(H2,29,30,31). The van der Waals surface area contributed by atoms with Crippen LogP contribution in [0.5, 0.6) is 17.4 Å². The van der Waals surface area contributed by atoms with E-state index < -0.39 is 31.0 Å². The van der Waals surface area contributed by atoms with Gasteiger partial charge >= 0.3 is 0 Å². The number of hydrogen-bond acceptors (Lipinski definition) is 7. The highest BCUT2D eigenvalue weighted by Gasteiger charge is 2.21. The Kier molecular flexibility index (Phi) is 7.97. The number of pyridine rings is 1. The van der Waals surface area contributed by atoms with E-state index >= 15 is 0 Å². The molecule has 0 saturated carbocycles. The molecule has 0 radical (unpaired) electrons. The van der Waals surface area contributed by atoms with Gasteiger partial charge in [0.2, 0.25) is 5.88 Å².